The van der Waals surface area contributed by atoms with Crippen LogP contribution < -0.4 is 10.1 Å². The smallest absolute Gasteiger partial charge is 0.289 e. The summed E-state index contributed by atoms with van der Waals surface area (Å²) in [6.45, 7) is 6.23. The SMILES string of the molecule is CCNC(=NCC(c1ccc(OC)cc1)N(C)C)N1CCN(C(=O)c2ccco2)CC1. The molecule has 1 aliphatic rings. The second kappa shape index (κ2) is 10.9. The third kappa shape index (κ3) is 5.79. The molecule has 0 saturated carbocycles. The van der Waals surface area contributed by atoms with Crippen LogP contribution in [0.15, 0.2) is 52.1 Å². The highest BCUT2D eigenvalue weighted by Gasteiger charge is 2.25. The Labute approximate surface area is 184 Å². The molecule has 31 heavy (non-hydrogen) atoms. The number of rotatable bonds is 7. The average Bonchev–Trinajstić information content (AvgIpc) is 3.33. The van der Waals surface area contributed by atoms with E-state index in [1.165, 1.54) is 11.8 Å². The highest BCUT2D eigenvalue weighted by Crippen LogP contribution is 2.22. The molecule has 1 aromatic carbocycles. The molecule has 3 rings (SSSR count). The third-order valence-corrected chi connectivity index (χ3v) is 5.47. The van der Waals surface area contributed by atoms with Crippen LogP contribution >= 0.6 is 0 Å². The van der Waals surface area contributed by atoms with Crippen LogP contribution in [0.5, 0.6) is 5.75 Å². The molecule has 1 aliphatic heterocycles. The van der Waals surface area contributed by atoms with Gasteiger partial charge in [0, 0.05) is 32.7 Å². The summed E-state index contributed by atoms with van der Waals surface area (Å²) in [6.07, 6.45) is 1.53. The zero-order valence-corrected chi connectivity index (χ0v) is 18.9. The van der Waals surface area contributed by atoms with Crippen LogP contribution in [-0.4, -0.2) is 87.0 Å². The largest absolute Gasteiger partial charge is 0.497 e. The number of furan rings is 1. The Bertz CT molecular complexity index is 841. The monoisotopic (exact) mass is 427 g/mol. The third-order valence-electron chi connectivity index (χ3n) is 5.47. The Morgan fingerprint density at radius 2 is 1.84 bits per heavy atom. The summed E-state index contributed by atoms with van der Waals surface area (Å²) < 4.78 is 10.5. The zero-order valence-electron chi connectivity index (χ0n) is 18.9. The van der Waals surface area contributed by atoms with Crippen molar-refractivity contribution in [3.63, 3.8) is 0 Å². The van der Waals surface area contributed by atoms with Crippen molar-refractivity contribution in [1.82, 2.24) is 20.0 Å². The number of likely N-dealkylation sites (N-methyl/N-ethyl adjacent to an activating group) is 1. The van der Waals surface area contributed by atoms with Crippen molar-refractivity contribution in [3.8, 4) is 5.75 Å². The summed E-state index contributed by atoms with van der Waals surface area (Å²) in [6, 6.07) is 11.7. The second-order valence-electron chi connectivity index (χ2n) is 7.70. The summed E-state index contributed by atoms with van der Waals surface area (Å²) >= 11 is 0. The highest BCUT2D eigenvalue weighted by atomic mass is 16.5. The van der Waals surface area contributed by atoms with Crippen LogP contribution in [0.1, 0.15) is 29.1 Å². The van der Waals surface area contributed by atoms with Crippen molar-refractivity contribution in [1.29, 1.82) is 0 Å². The first-order valence-corrected chi connectivity index (χ1v) is 10.7. The molecule has 8 nitrogen and oxygen atoms in total. The van der Waals surface area contributed by atoms with Crippen LogP contribution in [-0.2, 0) is 0 Å². The minimum absolute atomic E-state index is 0.0567. The maximum Gasteiger partial charge on any atom is 0.289 e. The van der Waals surface area contributed by atoms with Gasteiger partial charge in [-0.15, -0.1) is 0 Å². The van der Waals surface area contributed by atoms with Gasteiger partial charge in [0.25, 0.3) is 5.91 Å². The molecular weight excluding hydrogens is 394 g/mol. The van der Waals surface area contributed by atoms with Crippen LogP contribution in [0.25, 0.3) is 0 Å². The van der Waals surface area contributed by atoms with E-state index < -0.39 is 0 Å². The average molecular weight is 428 g/mol. The number of carbonyl (C=O) groups excluding carboxylic acids is 1. The molecule has 0 aliphatic carbocycles. The van der Waals surface area contributed by atoms with Gasteiger partial charge in [0.2, 0.25) is 0 Å². The maximum atomic E-state index is 12.5. The van der Waals surface area contributed by atoms with Gasteiger partial charge in [0.05, 0.1) is 26.0 Å². The van der Waals surface area contributed by atoms with E-state index in [-0.39, 0.29) is 11.9 Å². The fourth-order valence-corrected chi connectivity index (χ4v) is 3.67. The van der Waals surface area contributed by atoms with E-state index in [9.17, 15) is 4.79 Å². The molecule has 2 aromatic rings. The maximum absolute atomic E-state index is 12.5. The fraction of sp³-hybridized carbons (Fsp3) is 0.478. The highest BCUT2D eigenvalue weighted by molar-refractivity contribution is 5.91. The van der Waals surface area contributed by atoms with E-state index in [0.717, 1.165) is 31.3 Å². The van der Waals surface area contributed by atoms with E-state index in [2.05, 4.69) is 48.3 Å². The summed E-state index contributed by atoms with van der Waals surface area (Å²) in [7, 11) is 5.81. The minimum atomic E-state index is -0.0567. The Hall–Kier alpha value is -3.00. The van der Waals surface area contributed by atoms with Crippen LogP contribution in [0.3, 0.4) is 0 Å². The fourth-order valence-electron chi connectivity index (χ4n) is 3.67. The number of nitrogens with one attached hydrogen (secondary N) is 1. The standard InChI is InChI=1S/C23H33N5O3/c1-5-24-23(25-17-20(26(2)3)18-8-10-19(30-4)11-9-18)28-14-12-27(13-15-28)22(29)21-7-6-16-31-21/h6-11,16,20H,5,12-15,17H2,1-4H3,(H,24,25). The van der Waals surface area contributed by atoms with E-state index in [0.29, 0.717) is 25.4 Å². The van der Waals surface area contributed by atoms with Gasteiger partial charge in [-0.1, -0.05) is 12.1 Å². The Morgan fingerprint density at radius 3 is 2.39 bits per heavy atom. The molecule has 2 heterocycles. The molecule has 0 spiro atoms. The van der Waals surface area contributed by atoms with Crippen molar-refractivity contribution < 1.29 is 13.9 Å². The molecule has 1 unspecified atom stereocenters. The van der Waals surface area contributed by atoms with Crippen LogP contribution in [0.4, 0.5) is 0 Å². The molecule has 0 bridgehead atoms. The molecule has 0 radical (unpaired) electrons. The second-order valence-corrected chi connectivity index (χ2v) is 7.70. The topological polar surface area (TPSA) is 73.6 Å². The number of benzene rings is 1. The van der Waals surface area contributed by atoms with Gasteiger partial charge in [-0.2, -0.15) is 0 Å². The molecule has 168 valence electrons. The molecule has 1 amide bonds. The van der Waals surface area contributed by atoms with Crippen LogP contribution in [0.2, 0.25) is 0 Å². The summed E-state index contributed by atoms with van der Waals surface area (Å²) in [4.78, 5) is 23.7. The molecule has 1 aromatic heterocycles. The lowest BCUT2D eigenvalue weighted by molar-refractivity contribution is 0.0657. The Balaban J connectivity index is 1.65. The van der Waals surface area contributed by atoms with Gasteiger partial charge in [-0.3, -0.25) is 9.79 Å². The summed E-state index contributed by atoms with van der Waals surface area (Å²) in [5.41, 5.74) is 1.19. The normalized spacial score (nSPS) is 15.8. The minimum Gasteiger partial charge on any atom is -0.497 e. The number of nitrogens with zero attached hydrogens (tertiary/aromatic N) is 4. The molecule has 1 saturated heterocycles. The van der Waals surface area contributed by atoms with E-state index >= 15 is 0 Å². The number of hydrogen-bond acceptors (Lipinski definition) is 5. The van der Waals surface area contributed by atoms with Crippen molar-refractivity contribution in [2.45, 2.75) is 13.0 Å². The molecule has 1 N–H and O–H groups in total. The van der Waals surface area contributed by atoms with Crippen molar-refractivity contribution in [2.75, 3.05) is 60.5 Å². The van der Waals surface area contributed by atoms with Gasteiger partial charge in [0.15, 0.2) is 11.7 Å². The van der Waals surface area contributed by atoms with E-state index in [4.69, 9.17) is 14.1 Å². The summed E-state index contributed by atoms with van der Waals surface area (Å²) in [5, 5.41) is 3.40. The first-order valence-electron chi connectivity index (χ1n) is 10.7. The predicted molar refractivity (Wildman–Crippen MR) is 122 cm³/mol. The molecular formula is C23H33N5O3. The Morgan fingerprint density at radius 1 is 1.16 bits per heavy atom. The lowest BCUT2D eigenvalue weighted by atomic mass is 10.1. The predicted octanol–water partition coefficient (Wildman–Crippen LogP) is 2.31. The van der Waals surface area contributed by atoms with Crippen molar-refractivity contribution in [3.05, 3.63) is 54.0 Å². The van der Waals surface area contributed by atoms with Crippen LogP contribution in [0, 0.1) is 0 Å². The number of aliphatic imine (C=N–C) groups is 1. The first-order chi connectivity index (χ1) is 15.0. The van der Waals surface area contributed by atoms with E-state index in [1.54, 1.807) is 19.2 Å². The van der Waals surface area contributed by atoms with Gasteiger partial charge in [0.1, 0.15) is 5.75 Å². The van der Waals surface area contributed by atoms with Gasteiger partial charge >= 0.3 is 0 Å². The number of carbonyl (C=O) groups is 1. The zero-order chi connectivity index (χ0) is 22.2. The number of amides is 1. The molecule has 1 atom stereocenters. The van der Waals surface area contributed by atoms with E-state index in [1.807, 2.05) is 17.0 Å². The van der Waals surface area contributed by atoms with Gasteiger partial charge in [-0.05, 0) is 50.8 Å². The number of ether oxygens (including phenoxy) is 1. The number of hydrogen-bond donors (Lipinski definition) is 1. The van der Waals surface area contributed by atoms with Crippen molar-refractivity contribution in [2.24, 2.45) is 4.99 Å². The number of guanidine groups is 1. The lowest BCUT2D eigenvalue weighted by Crippen LogP contribution is -2.53. The number of methoxy groups -OCH3 is 1. The molecule has 1 fully saturated rings. The van der Waals surface area contributed by atoms with Gasteiger partial charge < -0.3 is 29.2 Å². The summed E-state index contributed by atoms with van der Waals surface area (Å²) in [5.74, 6) is 2.06. The van der Waals surface area contributed by atoms with Gasteiger partial charge in [-0.25, -0.2) is 0 Å². The quantitative estimate of drug-likeness (QED) is 0.540. The first kappa shape index (κ1) is 22.7. The van der Waals surface area contributed by atoms with Crippen molar-refractivity contribution >= 4 is 11.9 Å². The number of piperazine rings is 1. The molecule has 8 heteroatoms. The lowest BCUT2D eigenvalue weighted by Gasteiger charge is -2.36. The Kier molecular flexibility index (Phi) is 7.94.